The molecular formula is C19H27NO4S. The zero-order valence-electron chi connectivity index (χ0n) is 14.8. The van der Waals surface area contributed by atoms with Gasteiger partial charge in [-0.15, -0.1) is 11.3 Å². The highest BCUT2D eigenvalue weighted by molar-refractivity contribution is 7.10. The monoisotopic (exact) mass is 365 g/mol. The Hall–Kier alpha value is -1.40. The molecule has 0 radical (unpaired) electrons. The number of carboxylic acid groups (broad SMARTS) is 1. The average molecular weight is 365 g/mol. The summed E-state index contributed by atoms with van der Waals surface area (Å²) in [6.45, 7) is 1.05. The van der Waals surface area contributed by atoms with Crippen LogP contribution < -0.4 is 0 Å². The zero-order valence-corrected chi connectivity index (χ0v) is 15.6. The molecule has 2 aliphatic rings. The van der Waals surface area contributed by atoms with Gasteiger partial charge in [0.25, 0.3) is 0 Å². The predicted octanol–water partition coefficient (Wildman–Crippen LogP) is 3.29. The molecule has 3 rings (SSSR count). The molecular weight excluding hydrogens is 338 g/mol. The maximum atomic E-state index is 13.6. The second kappa shape index (κ2) is 7.46. The third-order valence-electron chi connectivity index (χ3n) is 5.85. The van der Waals surface area contributed by atoms with Crippen LogP contribution in [0, 0.1) is 5.41 Å². The van der Waals surface area contributed by atoms with Crippen LogP contribution in [0.2, 0.25) is 0 Å². The number of carboxylic acids is 1. The number of aliphatic carboxylic acids is 1. The van der Waals surface area contributed by atoms with Crippen LogP contribution in [-0.2, 0) is 19.7 Å². The maximum absolute atomic E-state index is 13.6. The lowest BCUT2D eigenvalue weighted by Gasteiger charge is -2.45. The van der Waals surface area contributed by atoms with Crippen LogP contribution in [-0.4, -0.2) is 48.7 Å². The number of thiophene rings is 1. The summed E-state index contributed by atoms with van der Waals surface area (Å²) in [5.41, 5.74) is -1.44. The molecule has 1 unspecified atom stereocenters. The molecule has 1 amide bonds. The van der Waals surface area contributed by atoms with Crippen molar-refractivity contribution in [3.63, 3.8) is 0 Å². The first-order valence-corrected chi connectivity index (χ1v) is 9.98. The molecule has 1 saturated heterocycles. The van der Waals surface area contributed by atoms with Crippen molar-refractivity contribution in [2.24, 2.45) is 5.41 Å². The Morgan fingerprint density at radius 3 is 2.60 bits per heavy atom. The number of nitrogens with zero attached hydrogens (tertiary/aromatic N) is 1. The Morgan fingerprint density at radius 2 is 2.00 bits per heavy atom. The van der Waals surface area contributed by atoms with Crippen LogP contribution in [0.4, 0.5) is 0 Å². The van der Waals surface area contributed by atoms with E-state index in [0.29, 0.717) is 19.4 Å². The Kier molecular flexibility index (Phi) is 5.49. The van der Waals surface area contributed by atoms with Crippen LogP contribution in [0.1, 0.15) is 49.8 Å². The van der Waals surface area contributed by atoms with Crippen molar-refractivity contribution in [2.45, 2.75) is 50.4 Å². The fourth-order valence-corrected chi connectivity index (χ4v) is 5.49. The molecule has 1 aliphatic heterocycles. The molecule has 1 N–H and O–H groups in total. The number of piperidine rings is 1. The summed E-state index contributed by atoms with van der Waals surface area (Å²) < 4.78 is 5.20. The van der Waals surface area contributed by atoms with E-state index in [-0.39, 0.29) is 19.1 Å². The Morgan fingerprint density at radius 1 is 1.24 bits per heavy atom. The molecule has 25 heavy (non-hydrogen) atoms. The fraction of sp³-hybridized carbons (Fsp3) is 0.684. The zero-order chi connectivity index (χ0) is 17.9. The Bertz CT molecular complexity index is 605. The van der Waals surface area contributed by atoms with Gasteiger partial charge in [0.2, 0.25) is 5.91 Å². The molecule has 1 aromatic heterocycles. The average Bonchev–Trinajstić information content (AvgIpc) is 3.17. The number of carbonyl (C=O) groups is 2. The number of likely N-dealkylation sites (tertiary alicyclic amines) is 1. The number of carbonyl (C=O) groups excluding carboxylic acids is 1. The van der Waals surface area contributed by atoms with E-state index in [1.165, 1.54) is 13.5 Å². The minimum atomic E-state index is -0.978. The number of rotatable bonds is 5. The van der Waals surface area contributed by atoms with Crippen molar-refractivity contribution in [3.05, 3.63) is 22.4 Å². The van der Waals surface area contributed by atoms with Crippen LogP contribution in [0.25, 0.3) is 0 Å². The number of methoxy groups -OCH3 is 1. The predicted molar refractivity (Wildman–Crippen MR) is 96.8 cm³/mol. The van der Waals surface area contributed by atoms with Gasteiger partial charge in [-0.2, -0.15) is 0 Å². The molecule has 2 fully saturated rings. The van der Waals surface area contributed by atoms with Gasteiger partial charge >= 0.3 is 5.97 Å². The van der Waals surface area contributed by atoms with Crippen molar-refractivity contribution >= 4 is 23.2 Å². The number of ether oxygens (including phenoxy) is 1. The van der Waals surface area contributed by atoms with E-state index in [0.717, 1.165) is 30.6 Å². The lowest BCUT2D eigenvalue weighted by molar-refractivity contribution is -0.160. The fourth-order valence-electron chi connectivity index (χ4n) is 4.51. The van der Waals surface area contributed by atoms with Crippen molar-refractivity contribution in [3.8, 4) is 0 Å². The third-order valence-corrected chi connectivity index (χ3v) is 6.92. The van der Waals surface area contributed by atoms with Crippen molar-refractivity contribution in [1.29, 1.82) is 0 Å². The van der Waals surface area contributed by atoms with Gasteiger partial charge in [-0.1, -0.05) is 25.3 Å². The molecule has 0 spiro atoms. The number of amides is 1. The van der Waals surface area contributed by atoms with Crippen molar-refractivity contribution in [2.75, 3.05) is 26.8 Å². The molecule has 1 saturated carbocycles. The standard InChI is InChI=1S/C19H27NO4S/c1-24-14-18(17(22)23)8-6-11-20(13-18)16(21)19(9-3-2-4-10-19)15-7-5-12-25-15/h5,7,12H,2-4,6,8-11,13-14H2,1H3,(H,22,23). The summed E-state index contributed by atoms with van der Waals surface area (Å²) in [4.78, 5) is 28.4. The van der Waals surface area contributed by atoms with E-state index in [9.17, 15) is 14.7 Å². The van der Waals surface area contributed by atoms with Crippen LogP contribution in [0.5, 0.6) is 0 Å². The van der Waals surface area contributed by atoms with Gasteiger partial charge in [0.15, 0.2) is 0 Å². The highest BCUT2D eigenvalue weighted by Crippen LogP contribution is 2.44. The third kappa shape index (κ3) is 3.34. The summed E-state index contributed by atoms with van der Waals surface area (Å²) in [6.07, 6.45) is 6.29. The van der Waals surface area contributed by atoms with E-state index in [1.54, 1.807) is 11.3 Å². The molecule has 0 aromatic carbocycles. The van der Waals surface area contributed by atoms with Crippen LogP contribution in [0.15, 0.2) is 17.5 Å². The lowest BCUT2D eigenvalue weighted by Crippen LogP contribution is -2.56. The quantitative estimate of drug-likeness (QED) is 0.869. The highest BCUT2D eigenvalue weighted by atomic mass is 32.1. The Balaban J connectivity index is 1.88. The minimum absolute atomic E-state index is 0.121. The Labute approximate surface area is 153 Å². The summed E-state index contributed by atoms with van der Waals surface area (Å²) in [5, 5.41) is 11.8. The van der Waals surface area contributed by atoms with Gasteiger partial charge in [0.05, 0.1) is 12.0 Å². The first kappa shape index (κ1) is 18.4. The minimum Gasteiger partial charge on any atom is -0.481 e. The van der Waals surface area contributed by atoms with Gasteiger partial charge in [0.1, 0.15) is 5.41 Å². The molecule has 1 atom stereocenters. The largest absolute Gasteiger partial charge is 0.481 e. The molecule has 6 heteroatoms. The molecule has 2 heterocycles. The van der Waals surface area contributed by atoms with Gasteiger partial charge in [-0.25, -0.2) is 0 Å². The van der Waals surface area contributed by atoms with E-state index >= 15 is 0 Å². The van der Waals surface area contributed by atoms with Crippen molar-refractivity contribution in [1.82, 2.24) is 4.90 Å². The van der Waals surface area contributed by atoms with E-state index in [1.807, 2.05) is 16.3 Å². The van der Waals surface area contributed by atoms with Crippen molar-refractivity contribution < 1.29 is 19.4 Å². The van der Waals surface area contributed by atoms with Gasteiger partial charge in [0, 0.05) is 25.1 Å². The molecule has 0 bridgehead atoms. The van der Waals surface area contributed by atoms with Gasteiger partial charge in [-0.05, 0) is 37.1 Å². The summed E-state index contributed by atoms with van der Waals surface area (Å²) in [7, 11) is 1.53. The van der Waals surface area contributed by atoms with E-state index in [4.69, 9.17) is 4.74 Å². The topological polar surface area (TPSA) is 66.8 Å². The van der Waals surface area contributed by atoms with Crippen LogP contribution in [0.3, 0.4) is 0 Å². The van der Waals surface area contributed by atoms with Crippen LogP contribution >= 0.6 is 11.3 Å². The number of hydrogen-bond acceptors (Lipinski definition) is 4. The van der Waals surface area contributed by atoms with E-state index in [2.05, 4.69) is 6.07 Å². The number of hydrogen-bond donors (Lipinski definition) is 1. The second-order valence-electron chi connectivity index (χ2n) is 7.47. The van der Waals surface area contributed by atoms with Gasteiger partial charge in [-0.3, -0.25) is 9.59 Å². The summed E-state index contributed by atoms with van der Waals surface area (Å²) >= 11 is 1.65. The summed E-state index contributed by atoms with van der Waals surface area (Å²) in [5.74, 6) is -0.739. The SMILES string of the molecule is COCC1(C(=O)O)CCCN(C(=O)C2(c3cccs3)CCCCC2)C1. The molecule has 5 nitrogen and oxygen atoms in total. The lowest BCUT2D eigenvalue weighted by atomic mass is 9.71. The molecule has 1 aliphatic carbocycles. The smallest absolute Gasteiger partial charge is 0.313 e. The van der Waals surface area contributed by atoms with Gasteiger partial charge < -0.3 is 14.7 Å². The van der Waals surface area contributed by atoms with E-state index < -0.39 is 16.8 Å². The second-order valence-corrected chi connectivity index (χ2v) is 8.42. The first-order chi connectivity index (χ1) is 12.0. The maximum Gasteiger partial charge on any atom is 0.313 e. The normalized spacial score (nSPS) is 26.4. The molecule has 1 aromatic rings. The first-order valence-electron chi connectivity index (χ1n) is 9.10. The highest BCUT2D eigenvalue weighted by Gasteiger charge is 2.49. The summed E-state index contributed by atoms with van der Waals surface area (Å²) in [6, 6.07) is 4.07. The molecule has 138 valence electrons.